The lowest BCUT2D eigenvalue weighted by atomic mass is 10.0. The van der Waals surface area contributed by atoms with Crippen LogP contribution in [0.15, 0.2) is 0 Å². The molecule has 17 heavy (non-hydrogen) atoms. The quantitative estimate of drug-likeness (QED) is 0.812. The molecule has 0 heterocycles. The van der Waals surface area contributed by atoms with Gasteiger partial charge in [0.15, 0.2) is 0 Å². The van der Waals surface area contributed by atoms with E-state index in [0.717, 1.165) is 25.0 Å². The van der Waals surface area contributed by atoms with Crippen LogP contribution in [0.1, 0.15) is 60.8 Å². The molecule has 1 N–H and O–H groups in total. The van der Waals surface area contributed by atoms with Crippen LogP contribution >= 0.6 is 0 Å². The van der Waals surface area contributed by atoms with E-state index in [2.05, 4.69) is 46.9 Å². The summed E-state index contributed by atoms with van der Waals surface area (Å²) in [6, 6.07) is 0. The lowest BCUT2D eigenvalue weighted by Crippen LogP contribution is -2.38. The summed E-state index contributed by atoms with van der Waals surface area (Å²) in [4.78, 5) is 0. The Hall–Kier alpha value is -0.0800. The molecule has 0 spiro atoms. The molecule has 1 aliphatic rings. The van der Waals surface area contributed by atoms with Gasteiger partial charge in [0.1, 0.15) is 0 Å². The molecule has 1 aliphatic carbocycles. The first-order valence-corrected chi connectivity index (χ1v) is 7.05. The second-order valence-electron chi connectivity index (χ2n) is 7.60. The molecule has 0 aromatic carbocycles. The second-order valence-corrected chi connectivity index (χ2v) is 7.60. The van der Waals surface area contributed by atoms with Gasteiger partial charge in [-0.15, -0.1) is 0 Å². The Morgan fingerprint density at radius 3 is 2.12 bits per heavy atom. The topological polar surface area (TPSA) is 21.3 Å². The smallest absolute Gasteiger partial charge is 0.0598 e. The van der Waals surface area contributed by atoms with Crippen molar-refractivity contribution in [2.75, 3.05) is 13.2 Å². The maximum absolute atomic E-state index is 5.89. The fourth-order valence-corrected chi connectivity index (χ4v) is 2.33. The Morgan fingerprint density at radius 2 is 1.59 bits per heavy atom. The summed E-state index contributed by atoms with van der Waals surface area (Å²) in [6.07, 6.45) is 4.03. The molecular weight excluding hydrogens is 210 g/mol. The van der Waals surface area contributed by atoms with Crippen LogP contribution in [-0.2, 0) is 4.74 Å². The maximum Gasteiger partial charge on any atom is 0.0598 e. The first-order chi connectivity index (χ1) is 7.66. The molecule has 0 radical (unpaired) electrons. The first-order valence-electron chi connectivity index (χ1n) is 7.05. The third-order valence-electron chi connectivity index (χ3n) is 3.32. The van der Waals surface area contributed by atoms with E-state index in [4.69, 9.17) is 4.74 Å². The van der Waals surface area contributed by atoms with Crippen molar-refractivity contribution in [1.29, 1.82) is 0 Å². The summed E-state index contributed by atoms with van der Waals surface area (Å²) in [5.74, 6) is 1.63. The zero-order valence-electron chi connectivity index (χ0n) is 12.6. The van der Waals surface area contributed by atoms with E-state index in [9.17, 15) is 0 Å². The summed E-state index contributed by atoms with van der Waals surface area (Å²) < 4.78 is 5.89. The van der Waals surface area contributed by atoms with Gasteiger partial charge in [-0.2, -0.15) is 0 Å². The average Bonchev–Trinajstić information content (AvgIpc) is 2.57. The fourth-order valence-electron chi connectivity index (χ4n) is 2.33. The van der Waals surface area contributed by atoms with Gasteiger partial charge in [0.2, 0.25) is 0 Å². The fraction of sp³-hybridized carbons (Fsp3) is 1.00. The van der Waals surface area contributed by atoms with Crippen LogP contribution in [0.25, 0.3) is 0 Å². The highest BCUT2D eigenvalue weighted by molar-refractivity contribution is 4.80. The number of ether oxygens (including phenoxy) is 1. The van der Waals surface area contributed by atoms with E-state index in [0.29, 0.717) is 0 Å². The van der Waals surface area contributed by atoms with Crippen LogP contribution in [0, 0.1) is 11.8 Å². The molecule has 0 aromatic rings. The summed E-state index contributed by atoms with van der Waals surface area (Å²) >= 11 is 0. The molecule has 0 amide bonds. The highest BCUT2D eigenvalue weighted by Crippen LogP contribution is 2.31. The minimum atomic E-state index is 0.0156. The molecular formula is C15H31NO. The van der Waals surface area contributed by atoms with Crippen LogP contribution in [0.2, 0.25) is 0 Å². The van der Waals surface area contributed by atoms with Gasteiger partial charge in [0, 0.05) is 5.54 Å². The normalized spacial score (nSPS) is 26.5. The predicted octanol–water partition coefficient (Wildman–Crippen LogP) is 3.61. The standard InChI is InChI=1S/C15H31NO/c1-14(2,3)16-10-12-7-8-13(9-12)11-17-15(4,5)6/h12-13,16H,7-11H2,1-6H3/t12-,13-/m0/s1. The van der Waals surface area contributed by atoms with Gasteiger partial charge in [-0.05, 0) is 79.2 Å². The summed E-state index contributed by atoms with van der Waals surface area (Å²) in [7, 11) is 0. The van der Waals surface area contributed by atoms with E-state index in [1.165, 1.54) is 19.3 Å². The third kappa shape index (κ3) is 7.05. The first kappa shape index (κ1) is 15.0. The Balaban J connectivity index is 2.19. The Bertz CT molecular complexity index is 200. The van der Waals surface area contributed by atoms with Crippen LogP contribution in [-0.4, -0.2) is 24.3 Å². The van der Waals surface area contributed by atoms with Gasteiger partial charge in [-0.1, -0.05) is 0 Å². The van der Waals surface area contributed by atoms with Gasteiger partial charge >= 0.3 is 0 Å². The van der Waals surface area contributed by atoms with Crippen LogP contribution in [0.3, 0.4) is 0 Å². The lowest BCUT2D eigenvalue weighted by molar-refractivity contribution is -0.0216. The molecule has 1 fully saturated rings. The Morgan fingerprint density at radius 1 is 1.00 bits per heavy atom. The molecule has 1 rings (SSSR count). The van der Waals surface area contributed by atoms with Crippen molar-refractivity contribution in [3.05, 3.63) is 0 Å². The largest absolute Gasteiger partial charge is 0.376 e. The highest BCUT2D eigenvalue weighted by Gasteiger charge is 2.26. The molecule has 102 valence electrons. The molecule has 0 aliphatic heterocycles. The number of nitrogens with one attached hydrogen (secondary N) is 1. The van der Waals surface area contributed by atoms with Crippen molar-refractivity contribution in [1.82, 2.24) is 5.32 Å². The van der Waals surface area contributed by atoms with Gasteiger partial charge in [-0.3, -0.25) is 0 Å². The van der Waals surface area contributed by atoms with Crippen molar-refractivity contribution in [2.45, 2.75) is 71.9 Å². The van der Waals surface area contributed by atoms with Crippen molar-refractivity contribution < 1.29 is 4.74 Å². The van der Waals surface area contributed by atoms with Gasteiger partial charge in [0.05, 0.1) is 12.2 Å². The van der Waals surface area contributed by atoms with E-state index in [1.807, 2.05) is 0 Å². The summed E-state index contributed by atoms with van der Waals surface area (Å²) in [5.41, 5.74) is 0.266. The zero-order valence-corrected chi connectivity index (χ0v) is 12.6. The molecule has 0 saturated heterocycles. The molecule has 0 unspecified atom stereocenters. The highest BCUT2D eigenvalue weighted by atomic mass is 16.5. The van der Waals surface area contributed by atoms with Crippen LogP contribution < -0.4 is 5.32 Å². The lowest BCUT2D eigenvalue weighted by Gasteiger charge is -2.24. The molecule has 2 nitrogen and oxygen atoms in total. The Kier molecular flexibility index (Phi) is 5.03. The summed E-state index contributed by atoms with van der Waals surface area (Å²) in [6.45, 7) is 15.2. The molecule has 0 bridgehead atoms. The van der Waals surface area contributed by atoms with E-state index >= 15 is 0 Å². The minimum Gasteiger partial charge on any atom is -0.376 e. The average molecular weight is 241 g/mol. The Labute approximate surface area is 108 Å². The van der Waals surface area contributed by atoms with Crippen LogP contribution in [0.4, 0.5) is 0 Å². The van der Waals surface area contributed by atoms with E-state index in [1.54, 1.807) is 0 Å². The van der Waals surface area contributed by atoms with E-state index < -0.39 is 0 Å². The monoisotopic (exact) mass is 241 g/mol. The molecule has 2 heteroatoms. The summed E-state index contributed by atoms with van der Waals surface area (Å²) in [5, 5.41) is 3.62. The zero-order chi connectivity index (χ0) is 13.1. The van der Waals surface area contributed by atoms with Crippen molar-refractivity contribution >= 4 is 0 Å². The molecule has 2 atom stereocenters. The number of hydrogen-bond donors (Lipinski definition) is 1. The van der Waals surface area contributed by atoms with Gasteiger partial charge in [-0.25, -0.2) is 0 Å². The van der Waals surface area contributed by atoms with Crippen molar-refractivity contribution in [2.24, 2.45) is 11.8 Å². The van der Waals surface area contributed by atoms with Gasteiger partial charge < -0.3 is 10.1 Å². The van der Waals surface area contributed by atoms with Crippen molar-refractivity contribution in [3.8, 4) is 0 Å². The van der Waals surface area contributed by atoms with Gasteiger partial charge in [0.25, 0.3) is 0 Å². The maximum atomic E-state index is 5.89. The third-order valence-corrected chi connectivity index (χ3v) is 3.32. The number of hydrogen-bond acceptors (Lipinski definition) is 2. The predicted molar refractivity (Wildman–Crippen MR) is 74.3 cm³/mol. The van der Waals surface area contributed by atoms with E-state index in [-0.39, 0.29) is 11.1 Å². The molecule has 0 aromatic heterocycles. The SMILES string of the molecule is CC(C)(C)NC[C@H]1CC[C@H](COC(C)(C)C)C1. The minimum absolute atomic E-state index is 0.0156. The molecule has 1 saturated carbocycles. The number of rotatable bonds is 4. The van der Waals surface area contributed by atoms with Crippen molar-refractivity contribution in [3.63, 3.8) is 0 Å². The second kappa shape index (κ2) is 5.71. The van der Waals surface area contributed by atoms with Crippen LogP contribution in [0.5, 0.6) is 0 Å².